The summed E-state index contributed by atoms with van der Waals surface area (Å²) in [6.07, 6.45) is -6.43. The highest BCUT2D eigenvalue weighted by Gasteiger charge is 2.36. The number of nitrogens with zero attached hydrogens (tertiary/aromatic N) is 2. The van der Waals surface area contributed by atoms with E-state index in [0.717, 1.165) is 18.7 Å². The Kier molecular flexibility index (Phi) is 5.18. The van der Waals surface area contributed by atoms with Crippen LogP contribution in [0.2, 0.25) is 0 Å². The maximum absolute atomic E-state index is 14.1. The molecule has 8 heteroatoms. The minimum absolute atomic E-state index is 0.238. The van der Waals surface area contributed by atoms with E-state index in [0.29, 0.717) is 11.3 Å². The van der Waals surface area contributed by atoms with Crippen molar-refractivity contribution >= 4 is 5.82 Å². The Hall–Kier alpha value is -2.87. The number of aromatic nitrogens is 2. The van der Waals surface area contributed by atoms with Gasteiger partial charge in [-0.3, -0.25) is 0 Å². The molecule has 142 valence electrons. The quantitative estimate of drug-likeness (QED) is 0.652. The van der Waals surface area contributed by atoms with Crippen molar-refractivity contribution in [2.45, 2.75) is 25.8 Å². The van der Waals surface area contributed by atoms with Crippen LogP contribution < -0.4 is 5.73 Å². The molecule has 3 aromatic rings. The molecule has 0 saturated heterocycles. The first-order valence-electron chi connectivity index (χ1n) is 8.13. The van der Waals surface area contributed by atoms with Crippen LogP contribution in [0.5, 0.6) is 0 Å². The van der Waals surface area contributed by atoms with Gasteiger partial charge in [-0.15, -0.1) is 0 Å². The number of alkyl halides is 3. The van der Waals surface area contributed by atoms with Crippen LogP contribution in [-0.2, 0) is 11.3 Å². The number of rotatable bonds is 5. The lowest BCUT2D eigenvalue weighted by molar-refractivity contribution is -0.217. The molecular formula is C19H17F4N3O. The van der Waals surface area contributed by atoms with Crippen molar-refractivity contribution in [1.82, 2.24) is 9.78 Å². The minimum atomic E-state index is -4.48. The summed E-state index contributed by atoms with van der Waals surface area (Å²) in [5.41, 5.74) is 7.75. The SMILES string of the molecule is CC(OCc1cc(F)cc(-c2cc(N)nn2-c2ccccc2)c1)C(F)(F)F. The highest BCUT2D eigenvalue weighted by atomic mass is 19.4. The van der Waals surface area contributed by atoms with E-state index in [1.54, 1.807) is 16.8 Å². The molecule has 2 N–H and O–H groups in total. The monoisotopic (exact) mass is 379 g/mol. The number of ether oxygens (including phenoxy) is 1. The molecule has 1 atom stereocenters. The third-order valence-electron chi connectivity index (χ3n) is 3.94. The second-order valence-electron chi connectivity index (χ2n) is 6.04. The molecule has 0 saturated carbocycles. The van der Waals surface area contributed by atoms with Crippen molar-refractivity contribution in [2.24, 2.45) is 0 Å². The minimum Gasteiger partial charge on any atom is -0.382 e. The number of nitrogen functional groups attached to an aromatic ring is 1. The zero-order valence-corrected chi connectivity index (χ0v) is 14.4. The van der Waals surface area contributed by atoms with E-state index in [2.05, 4.69) is 5.10 Å². The third-order valence-corrected chi connectivity index (χ3v) is 3.94. The summed E-state index contributed by atoms with van der Waals surface area (Å²) in [7, 11) is 0. The smallest absolute Gasteiger partial charge is 0.382 e. The molecule has 1 heterocycles. The summed E-state index contributed by atoms with van der Waals surface area (Å²) < 4.78 is 58.2. The van der Waals surface area contributed by atoms with Crippen molar-refractivity contribution in [2.75, 3.05) is 5.73 Å². The summed E-state index contributed by atoms with van der Waals surface area (Å²) in [5.74, 6) is -0.355. The third kappa shape index (κ3) is 4.46. The van der Waals surface area contributed by atoms with Gasteiger partial charge >= 0.3 is 6.18 Å². The predicted molar refractivity (Wildman–Crippen MR) is 93.7 cm³/mol. The lowest BCUT2D eigenvalue weighted by Crippen LogP contribution is -2.28. The van der Waals surface area contributed by atoms with E-state index in [9.17, 15) is 17.6 Å². The van der Waals surface area contributed by atoms with E-state index in [1.165, 1.54) is 6.07 Å². The van der Waals surface area contributed by atoms with Crippen LogP contribution >= 0.6 is 0 Å². The van der Waals surface area contributed by atoms with Gasteiger partial charge in [0.25, 0.3) is 0 Å². The zero-order valence-electron chi connectivity index (χ0n) is 14.4. The topological polar surface area (TPSA) is 53.1 Å². The molecule has 0 amide bonds. The Morgan fingerprint density at radius 2 is 1.81 bits per heavy atom. The first-order valence-corrected chi connectivity index (χ1v) is 8.13. The summed E-state index contributed by atoms with van der Waals surface area (Å²) in [4.78, 5) is 0. The standard InChI is InChI=1S/C19H17F4N3O/c1-12(19(21,22)23)27-11-13-7-14(9-15(20)8-13)17-10-18(24)25-26(17)16-5-3-2-4-6-16/h2-10,12H,11H2,1H3,(H2,24,25). The molecule has 1 unspecified atom stereocenters. The van der Waals surface area contributed by atoms with Gasteiger partial charge in [-0.2, -0.15) is 18.3 Å². The van der Waals surface area contributed by atoms with Crippen LogP contribution in [0.1, 0.15) is 12.5 Å². The van der Waals surface area contributed by atoms with E-state index in [4.69, 9.17) is 10.5 Å². The van der Waals surface area contributed by atoms with Crippen LogP contribution in [0.4, 0.5) is 23.4 Å². The van der Waals surface area contributed by atoms with Crippen LogP contribution in [0.25, 0.3) is 16.9 Å². The molecule has 0 radical (unpaired) electrons. The van der Waals surface area contributed by atoms with Gasteiger partial charge in [0.15, 0.2) is 6.10 Å². The number of halogens is 4. The van der Waals surface area contributed by atoms with E-state index < -0.39 is 18.1 Å². The Labute approximate surface area is 153 Å². The van der Waals surface area contributed by atoms with Crippen LogP contribution in [0.15, 0.2) is 54.6 Å². The fourth-order valence-electron chi connectivity index (χ4n) is 2.57. The number of anilines is 1. The van der Waals surface area contributed by atoms with Crippen molar-refractivity contribution in [3.63, 3.8) is 0 Å². The maximum atomic E-state index is 14.1. The number of hydrogen-bond acceptors (Lipinski definition) is 3. The Morgan fingerprint density at radius 1 is 1.11 bits per heavy atom. The summed E-state index contributed by atoms with van der Waals surface area (Å²) in [6, 6.07) is 14.6. The molecule has 0 fully saturated rings. The number of nitrogens with two attached hydrogens (primary N) is 1. The van der Waals surface area contributed by atoms with Gasteiger partial charge in [-0.25, -0.2) is 9.07 Å². The average molecular weight is 379 g/mol. The van der Waals surface area contributed by atoms with Gasteiger partial charge in [0, 0.05) is 11.6 Å². The van der Waals surface area contributed by atoms with Crippen LogP contribution in [-0.4, -0.2) is 22.1 Å². The maximum Gasteiger partial charge on any atom is 0.414 e. The molecule has 3 rings (SSSR count). The zero-order chi connectivity index (χ0) is 19.6. The van der Waals surface area contributed by atoms with E-state index >= 15 is 0 Å². The van der Waals surface area contributed by atoms with Crippen molar-refractivity contribution < 1.29 is 22.3 Å². The Bertz CT molecular complexity index is 922. The Morgan fingerprint density at radius 3 is 2.48 bits per heavy atom. The van der Waals surface area contributed by atoms with E-state index in [1.807, 2.05) is 30.3 Å². The molecular weight excluding hydrogens is 362 g/mol. The lowest BCUT2D eigenvalue weighted by Gasteiger charge is -2.16. The van der Waals surface area contributed by atoms with Gasteiger partial charge in [-0.1, -0.05) is 18.2 Å². The molecule has 0 spiro atoms. The molecule has 2 aromatic carbocycles. The molecule has 0 aliphatic heterocycles. The van der Waals surface area contributed by atoms with Gasteiger partial charge in [0.05, 0.1) is 18.0 Å². The second kappa shape index (κ2) is 7.40. The van der Waals surface area contributed by atoms with Gasteiger partial charge in [0.2, 0.25) is 0 Å². The Balaban J connectivity index is 1.94. The van der Waals surface area contributed by atoms with Crippen LogP contribution in [0, 0.1) is 5.82 Å². The predicted octanol–water partition coefficient (Wildman–Crippen LogP) is 4.73. The second-order valence-corrected chi connectivity index (χ2v) is 6.04. The lowest BCUT2D eigenvalue weighted by atomic mass is 10.1. The van der Waals surface area contributed by atoms with E-state index in [-0.39, 0.29) is 18.0 Å². The number of benzene rings is 2. The normalized spacial score (nSPS) is 12.9. The molecule has 0 bridgehead atoms. The molecule has 4 nitrogen and oxygen atoms in total. The average Bonchev–Trinajstić information content (AvgIpc) is 3.01. The molecule has 0 aliphatic carbocycles. The van der Waals surface area contributed by atoms with Crippen molar-refractivity contribution in [3.05, 3.63) is 66.0 Å². The van der Waals surface area contributed by atoms with Gasteiger partial charge < -0.3 is 10.5 Å². The first kappa shape index (κ1) is 18.9. The van der Waals surface area contributed by atoms with Crippen LogP contribution in [0.3, 0.4) is 0 Å². The van der Waals surface area contributed by atoms with Gasteiger partial charge in [0.1, 0.15) is 11.6 Å². The molecule has 27 heavy (non-hydrogen) atoms. The highest BCUT2D eigenvalue weighted by molar-refractivity contribution is 5.66. The first-order chi connectivity index (χ1) is 12.7. The summed E-state index contributed by atoms with van der Waals surface area (Å²) in [6.45, 7) is 0.534. The fourth-order valence-corrected chi connectivity index (χ4v) is 2.57. The number of hydrogen-bond donors (Lipinski definition) is 1. The van der Waals surface area contributed by atoms with Gasteiger partial charge in [-0.05, 0) is 42.8 Å². The summed E-state index contributed by atoms with van der Waals surface area (Å²) >= 11 is 0. The fraction of sp³-hybridized carbons (Fsp3) is 0.211. The number of para-hydroxylation sites is 1. The molecule has 0 aliphatic rings. The van der Waals surface area contributed by atoms with Crippen molar-refractivity contribution in [1.29, 1.82) is 0 Å². The summed E-state index contributed by atoms with van der Waals surface area (Å²) in [5, 5.41) is 4.22. The highest BCUT2D eigenvalue weighted by Crippen LogP contribution is 2.28. The molecule has 1 aromatic heterocycles. The van der Waals surface area contributed by atoms with Crippen molar-refractivity contribution in [3.8, 4) is 16.9 Å². The largest absolute Gasteiger partial charge is 0.414 e.